The molecule has 0 spiro atoms. The van der Waals surface area contributed by atoms with Crippen LogP contribution in [0, 0.1) is 0 Å². The molecule has 1 unspecified atom stereocenters. The van der Waals surface area contributed by atoms with Gasteiger partial charge in [-0.2, -0.15) is 26.3 Å². The Bertz CT molecular complexity index is 483. The first-order valence-electron chi connectivity index (χ1n) is 6.08. The third-order valence-corrected chi connectivity index (χ3v) is 2.82. The van der Waals surface area contributed by atoms with Crippen molar-refractivity contribution in [3.05, 3.63) is 47.0 Å². The van der Waals surface area contributed by atoms with Crippen LogP contribution in [0.15, 0.2) is 30.4 Å². The van der Waals surface area contributed by atoms with Gasteiger partial charge in [-0.1, -0.05) is 12.2 Å². The van der Waals surface area contributed by atoms with E-state index in [0.717, 1.165) is 17.7 Å². The van der Waals surface area contributed by atoms with Gasteiger partial charge in [0.2, 0.25) is 0 Å². The molecular formula is C14H15F6N. The molecule has 0 heterocycles. The minimum atomic E-state index is -4.83. The minimum absolute atomic E-state index is 0.0709. The summed E-state index contributed by atoms with van der Waals surface area (Å²) in [5.74, 6) is 0. The molecule has 0 bridgehead atoms. The Labute approximate surface area is 118 Å². The molecule has 0 fully saturated rings. The maximum absolute atomic E-state index is 12.7. The predicted molar refractivity (Wildman–Crippen MR) is 67.7 cm³/mol. The van der Waals surface area contributed by atoms with Gasteiger partial charge in [0, 0.05) is 12.6 Å². The van der Waals surface area contributed by atoms with Crippen molar-refractivity contribution in [2.45, 2.75) is 32.2 Å². The van der Waals surface area contributed by atoms with Crippen molar-refractivity contribution in [1.82, 2.24) is 5.32 Å². The Morgan fingerprint density at radius 2 is 1.48 bits per heavy atom. The summed E-state index contributed by atoms with van der Waals surface area (Å²) in [4.78, 5) is 0. The van der Waals surface area contributed by atoms with E-state index in [-0.39, 0.29) is 11.6 Å². The molecule has 0 saturated heterocycles. The molecule has 7 heteroatoms. The Morgan fingerprint density at radius 3 is 1.81 bits per heavy atom. The van der Waals surface area contributed by atoms with Crippen molar-refractivity contribution in [3.63, 3.8) is 0 Å². The molecule has 1 nitrogen and oxygen atoms in total. The molecule has 0 amide bonds. The standard InChI is InChI=1S/C14H15F6N/c1-8(2)7-21-9(3)10-4-11(13(15,16)17)6-12(5-10)14(18,19)20/h4-6,9,21H,1,7H2,2-3H3. The number of hydrogen-bond acceptors (Lipinski definition) is 1. The lowest BCUT2D eigenvalue weighted by Gasteiger charge is -2.19. The lowest BCUT2D eigenvalue weighted by Crippen LogP contribution is -2.22. The zero-order valence-corrected chi connectivity index (χ0v) is 11.5. The van der Waals surface area contributed by atoms with E-state index in [1.807, 2.05) is 0 Å². The molecule has 0 aliphatic carbocycles. The molecule has 1 atom stereocenters. The molecule has 118 valence electrons. The van der Waals surface area contributed by atoms with Crippen LogP contribution in [0.2, 0.25) is 0 Å². The van der Waals surface area contributed by atoms with Gasteiger partial charge in [-0.15, -0.1) is 0 Å². The van der Waals surface area contributed by atoms with Gasteiger partial charge in [0.1, 0.15) is 0 Å². The lowest BCUT2D eigenvalue weighted by atomic mass is 10.00. The first-order valence-corrected chi connectivity index (χ1v) is 6.08. The number of hydrogen-bond donors (Lipinski definition) is 1. The van der Waals surface area contributed by atoms with Crippen LogP contribution >= 0.6 is 0 Å². The summed E-state index contributed by atoms with van der Waals surface area (Å²) in [5, 5.41) is 2.82. The van der Waals surface area contributed by atoms with E-state index in [4.69, 9.17) is 0 Å². The Balaban J connectivity index is 3.22. The summed E-state index contributed by atoms with van der Waals surface area (Å²) < 4.78 is 76.3. The van der Waals surface area contributed by atoms with Crippen molar-refractivity contribution >= 4 is 0 Å². The number of rotatable bonds is 4. The zero-order valence-electron chi connectivity index (χ0n) is 11.5. The van der Waals surface area contributed by atoms with Crippen molar-refractivity contribution in [1.29, 1.82) is 0 Å². The van der Waals surface area contributed by atoms with E-state index in [0.29, 0.717) is 6.54 Å². The first-order chi connectivity index (χ1) is 9.41. The molecular weight excluding hydrogens is 296 g/mol. The smallest absolute Gasteiger partial charge is 0.306 e. The van der Waals surface area contributed by atoms with Gasteiger partial charge in [-0.25, -0.2) is 0 Å². The van der Waals surface area contributed by atoms with Gasteiger partial charge >= 0.3 is 12.4 Å². The van der Waals surface area contributed by atoms with Gasteiger partial charge in [0.05, 0.1) is 11.1 Å². The van der Waals surface area contributed by atoms with Crippen LogP contribution in [-0.2, 0) is 12.4 Å². The largest absolute Gasteiger partial charge is 0.416 e. The fraction of sp³-hybridized carbons (Fsp3) is 0.429. The SMILES string of the molecule is C=C(C)CNC(C)c1cc(C(F)(F)F)cc(C(F)(F)F)c1. The second-order valence-electron chi connectivity index (χ2n) is 4.90. The fourth-order valence-electron chi connectivity index (χ4n) is 1.67. The van der Waals surface area contributed by atoms with Gasteiger partial charge in [0.25, 0.3) is 0 Å². The second-order valence-corrected chi connectivity index (χ2v) is 4.90. The van der Waals surface area contributed by atoms with E-state index in [9.17, 15) is 26.3 Å². The number of nitrogens with one attached hydrogen (secondary N) is 1. The van der Waals surface area contributed by atoms with Crippen LogP contribution in [0.4, 0.5) is 26.3 Å². The normalized spacial score (nSPS) is 14.1. The number of benzene rings is 1. The van der Waals surface area contributed by atoms with Gasteiger partial charge in [0.15, 0.2) is 0 Å². The quantitative estimate of drug-likeness (QED) is 0.613. The van der Waals surface area contributed by atoms with Crippen LogP contribution < -0.4 is 5.32 Å². The molecule has 1 N–H and O–H groups in total. The van der Waals surface area contributed by atoms with Crippen LogP contribution in [0.25, 0.3) is 0 Å². The van der Waals surface area contributed by atoms with Gasteiger partial charge in [-0.3, -0.25) is 0 Å². The third kappa shape index (κ3) is 5.08. The van der Waals surface area contributed by atoms with Crippen molar-refractivity contribution in [2.75, 3.05) is 6.54 Å². The van der Waals surface area contributed by atoms with E-state index in [1.165, 1.54) is 6.92 Å². The molecule has 0 radical (unpaired) electrons. The molecule has 0 aliphatic rings. The summed E-state index contributed by atoms with van der Waals surface area (Å²) in [5.41, 5.74) is -1.96. The first kappa shape index (κ1) is 17.6. The Morgan fingerprint density at radius 1 is 1.05 bits per heavy atom. The predicted octanol–water partition coefficient (Wildman–Crippen LogP) is 4.95. The molecule has 0 aliphatic heterocycles. The maximum atomic E-state index is 12.7. The Kier molecular flexibility index (Phi) is 5.09. The summed E-state index contributed by atoms with van der Waals surface area (Å²) in [6.45, 7) is 7.12. The number of halogens is 6. The highest BCUT2D eigenvalue weighted by Gasteiger charge is 2.37. The highest BCUT2D eigenvalue weighted by Crippen LogP contribution is 2.37. The fourth-order valence-corrected chi connectivity index (χ4v) is 1.67. The monoisotopic (exact) mass is 311 g/mol. The van der Waals surface area contributed by atoms with Crippen molar-refractivity contribution in [3.8, 4) is 0 Å². The highest BCUT2D eigenvalue weighted by atomic mass is 19.4. The molecule has 1 aromatic carbocycles. The summed E-state index contributed by atoms with van der Waals surface area (Å²) >= 11 is 0. The number of alkyl halides is 6. The molecule has 1 rings (SSSR count). The summed E-state index contributed by atoms with van der Waals surface area (Å²) in [6, 6.07) is 0.913. The average Bonchev–Trinajstić information content (AvgIpc) is 2.33. The molecule has 21 heavy (non-hydrogen) atoms. The summed E-state index contributed by atoms with van der Waals surface area (Å²) in [6.07, 6.45) is -9.66. The van der Waals surface area contributed by atoms with Crippen LogP contribution in [0.1, 0.15) is 36.6 Å². The van der Waals surface area contributed by atoms with Crippen LogP contribution in [0.5, 0.6) is 0 Å². The van der Waals surface area contributed by atoms with Crippen molar-refractivity contribution in [2.24, 2.45) is 0 Å². The topological polar surface area (TPSA) is 12.0 Å². The second kappa shape index (κ2) is 6.09. The molecule has 1 aromatic rings. The maximum Gasteiger partial charge on any atom is 0.416 e. The van der Waals surface area contributed by atoms with E-state index in [1.54, 1.807) is 6.92 Å². The van der Waals surface area contributed by atoms with Crippen LogP contribution in [0.3, 0.4) is 0 Å². The Hall–Kier alpha value is -1.50. The lowest BCUT2D eigenvalue weighted by molar-refractivity contribution is -0.143. The minimum Gasteiger partial charge on any atom is -0.306 e. The zero-order chi connectivity index (χ0) is 16.4. The van der Waals surface area contributed by atoms with E-state index in [2.05, 4.69) is 11.9 Å². The molecule has 0 saturated carbocycles. The van der Waals surface area contributed by atoms with Crippen LogP contribution in [-0.4, -0.2) is 6.54 Å². The highest BCUT2D eigenvalue weighted by molar-refractivity contribution is 5.35. The van der Waals surface area contributed by atoms with E-state index >= 15 is 0 Å². The third-order valence-electron chi connectivity index (χ3n) is 2.82. The summed E-state index contributed by atoms with van der Waals surface area (Å²) in [7, 11) is 0. The van der Waals surface area contributed by atoms with Gasteiger partial charge < -0.3 is 5.32 Å². The average molecular weight is 311 g/mol. The van der Waals surface area contributed by atoms with Crippen molar-refractivity contribution < 1.29 is 26.3 Å². The molecule has 0 aromatic heterocycles. The van der Waals surface area contributed by atoms with E-state index < -0.39 is 29.5 Å². The van der Waals surface area contributed by atoms with Gasteiger partial charge in [-0.05, 0) is 37.6 Å².